The van der Waals surface area contributed by atoms with Crippen LogP contribution in [-0.4, -0.2) is 25.6 Å². The summed E-state index contributed by atoms with van der Waals surface area (Å²) in [6.45, 7) is 0. The molecule has 3 rings (SSSR count). The number of nitrogens with one attached hydrogen (secondary N) is 2. The lowest BCUT2D eigenvalue weighted by molar-refractivity contribution is 0.0962. The molecule has 0 aliphatic rings. The maximum absolute atomic E-state index is 12.2. The number of aromatic nitrogens is 1. The maximum Gasteiger partial charge on any atom is 0.269 e. The van der Waals surface area contributed by atoms with Crippen molar-refractivity contribution in [2.75, 3.05) is 11.7 Å². The van der Waals surface area contributed by atoms with Crippen molar-refractivity contribution >= 4 is 54.0 Å². The summed E-state index contributed by atoms with van der Waals surface area (Å²) in [7, 11) is -3.37. The molecule has 2 N–H and O–H groups in total. The number of rotatable bonds is 4. The Labute approximate surface area is 147 Å². The van der Waals surface area contributed by atoms with Gasteiger partial charge in [-0.3, -0.25) is 15.6 Å². The summed E-state index contributed by atoms with van der Waals surface area (Å²) in [5.41, 5.74) is 6.22. The minimum absolute atomic E-state index is 0.0878. The highest BCUT2D eigenvalue weighted by atomic mass is 35.5. The predicted molar refractivity (Wildman–Crippen MR) is 95.3 cm³/mol. The lowest BCUT2D eigenvalue weighted by Crippen LogP contribution is -2.29. The van der Waals surface area contributed by atoms with Gasteiger partial charge in [0, 0.05) is 16.8 Å². The molecule has 0 saturated carbocycles. The van der Waals surface area contributed by atoms with Gasteiger partial charge in [-0.25, -0.2) is 13.4 Å². The van der Waals surface area contributed by atoms with Crippen molar-refractivity contribution in [3.8, 4) is 0 Å². The average molecular weight is 382 g/mol. The van der Waals surface area contributed by atoms with E-state index in [1.165, 1.54) is 35.6 Å². The Kier molecular flexibility index (Phi) is 4.44. The van der Waals surface area contributed by atoms with Crippen LogP contribution in [0.1, 0.15) is 10.4 Å². The van der Waals surface area contributed by atoms with Crippen LogP contribution in [-0.2, 0) is 9.84 Å². The molecule has 0 bridgehead atoms. The van der Waals surface area contributed by atoms with E-state index in [2.05, 4.69) is 15.8 Å². The van der Waals surface area contributed by atoms with Crippen LogP contribution in [0.2, 0.25) is 5.02 Å². The molecule has 0 fully saturated rings. The first kappa shape index (κ1) is 16.7. The van der Waals surface area contributed by atoms with Crippen molar-refractivity contribution in [2.24, 2.45) is 0 Å². The standard InChI is InChI=1S/C15H12ClN3O3S2/c1-24(21,22)11-4-2-3-9(7-11)14(20)18-19-15-17-12-6-5-10(16)8-13(12)23-15/h2-8H,1H3,(H,17,19)(H,18,20). The number of thiazole rings is 1. The fourth-order valence-corrected chi connectivity index (χ4v) is 3.76. The number of nitrogens with zero attached hydrogens (tertiary/aromatic N) is 1. The lowest BCUT2D eigenvalue weighted by atomic mass is 10.2. The molecule has 24 heavy (non-hydrogen) atoms. The first-order valence-electron chi connectivity index (χ1n) is 6.75. The van der Waals surface area contributed by atoms with Crippen molar-refractivity contribution in [3.63, 3.8) is 0 Å². The molecule has 1 aromatic heterocycles. The first-order valence-corrected chi connectivity index (χ1v) is 9.84. The lowest BCUT2D eigenvalue weighted by Gasteiger charge is -2.06. The third-order valence-corrected chi connectivity index (χ3v) is 5.44. The average Bonchev–Trinajstić information content (AvgIpc) is 2.94. The summed E-state index contributed by atoms with van der Waals surface area (Å²) >= 11 is 7.27. The number of sulfone groups is 1. The number of hydrogen-bond acceptors (Lipinski definition) is 6. The minimum Gasteiger partial charge on any atom is -0.273 e. The van der Waals surface area contributed by atoms with Crippen LogP contribution in [0.15, 0.2) is 47.4 Å². The van der Waals surface area contributed by atoms with Crippen LogP contribution in [0, 0.1) is 0 Å². The molecular weight excluding hydrogens is 370 g/mol. The normalized spacial score (nSPS) is 11.4. The van der Waals surface area contributed by atoms with Gasteiger partial charge >= 0.3 is 0 Å². The predicted octanol–water partition coefficient (Wildman–Crippen LogP) is 3.11. The number of anilines is 1. The van der Waals surface area contributed by atoms with E-state index in [0.29, 0.717) is 10.2 Å². The van der Waals surface area contributed by atoms with Gasteiger partial charge in [0.25, 0.3) is 5.91 Å². The van der Waals surface area contributed by atoms with Gasteiger partial charge in [0.1, 0.15) is 0 Å². The van der Waals surface area contributed by atoms with Crippen LogP contribution >= 0.6 is 22.9 Å². The van der Waals surface area contributed by atoms with Crippen LogP contribution < -0.4 is 10.9 Å². The summed E-state index contributed by atoms with van der Waals surface area (Å²) < 4.78 is 24.0. The Morgan fingerprint density at radius 2 is 2.00 bits per heavy atom. The zero-order valence-corrected chi connectivity index (χ0v) is 14.8. The van der Waals surface area contributed by atoms with Crippen LogP contribution in [0.3, 0.4) is 0 Å². The fraction of sp³-hybridized carbons (Fsp3) is 0.0667. The minimum atomic E-state index is -3.37. The number of amides is 1. The van der Waals surface area contributed by atoms with E-state index in [0.717, 1.165) is 16.5 Å². The summed E-state index contributed by atoms with van der Waals surface area (Å²) in [5.74, 6) is -0.460. The molecule has 0 spiro atoms. The summed E-state index contributed by atoms with van der Waals surface area (Å²) in [4.78, 5) is 16.6. The van der Waals surface area contributed by atoms with Crippen LogP contribution in [0.25, 0.3) is 10.2 Å². The number of hydrogen-bond donors (Lipinski definition) is 2. The molecular formula is C15H12ClN3O3S2. The molecule has 1 heterocycles. The topological polar surface area (TPSA) is 88.2 Å². The van der Waals surface area contributed by atoms with Gasteiger partial charge in [0.05, 0.1) is 15.1 Å². The summed E-state index contributed by atoms with van der Waals surface area (Å²) in [6.07, 6.45) is 1.09. The molecule has 0 aliphatic carbocycles. The smallest absolute Gasteiger partial charge is 0.269 e. The van der Waals surface area contributed by atoms with Gasteiger partial charge in [0.2, 0.25) is 5.13 Å². The molecule has 124 valence electrons. The Morgan fingerprint density at radius 3 is 2.75 bits per heavy atom. The summed E-state index contributed by atoms with van der Waals surface area (Å²) in [6, 6.07) is 11.1. The fourth-order valence-electron chi connectivity index (χ4n) is 2.00. The van der Waals surface area contributed by atoms with E-state index in [1.807, 2.05) is 0 Å². The Hall–Kier alpha value is -2.16. The maximum atomic E-state index is 12.2. The van der Waals surface area contributed by atoms with Gasteiger partial charge in [-0.15, -0.1) is 0 Å². The Bertz CT molecular complexity index is 1030. The Morgan fingerprint density at radius 1 is 1.21 bits per heavy atom. The number of halogens is 1. The van der Waals surface area contributed by atoms with Gasteiger partial charge in [-0.2, -0.15) is 0 Å². The van der Waals surface area contributed by atoms with E-state index in [-0.39, 0.29) is 10.5 Å². The zero-order valence-electron chi connectivity index (χ0n) is 12.4. The molecule has 9 heteroatoms. The Balaban J connectivity index is 1.75. The second-order valence-corrected chi connectivity index (χ2v) is 8.49. The largest absolute Gasteiger partial charge is 0.273 e. The summed E-state index contributed by atoms with van der Waals surface area (Å²) in [5, 5.41) is 1.11. The number of hydrazine groups is 1. The van der Waals surface area contributed by atoms with E-state index < -0.39 is 15.7 Å². The molecule has 0 atom stereocenters. The van der Waals surface area contributed by atoms with Crippen LogP contribution in [0.4, 0.5) is 5.13 Å². The van der Waals surface area contributed by atoms with Crippen molar-refractivity contribution in [1.82, 2.24) is 10.4 Å². The van der Waals surface area contributed by atoms with E-state index in [4.69, 9.17) is 11.6 Å². The highest BCUT2D eigenvalue weighted by Gasteiger charge is 2.12. The monoisotopic (exact) mass is 381 g/mol. The van der Waals surface area contributed by atoms with Gasteiger partial charge in [-0.1, -0.05) is 29.0 Å². The second-order valence-electron chi connectivity index (χ2n) is 5.01. The quantitative estimate of drug-likeness (QED) is 0.678. The molecule has 3 aromatic rings. The third kappa shape index (κ3) is 3.66. The molecule has 0 unspecified atom stereocenters. The van der Waals surface area contributed by atoms with Crippen LogP contribution in [0.5, 0.6) is 0 Å². The van der Waals surface area contributed by atoms with E-state index in [9.17, 15) is 13.2 Å². The second kappa shape index (κ2) is 6.39. The SMILES string of the molecule is CS(=O)(=O)c1cccc(C(=O)NNc2nc3ccc(Cl)cc3s2)c1. The number of fused-ring (bicyclic) bond motifs is 1. The molecule has 1 amide bonds. The molecule has 6 nitrogen and oxygen atoms in total. The zero-order chi connectivity index (χ0) is 17.3. The molecule has 2 aromatic carbocycles. The van der Waals surface area contributed by atoms with Gasteiger partial charge in [0.15, 0.2) is 9.84 Å². The van der Waals surface area contributed by atoms with Crippen molar-refractivity contribution in [2.45, 2.75) is 4.90 Å². The molecule has 0 saturated heterocycles. The highest BCUT2D eigenvalue weighted by molar-refractivity contribution is 7.90. The first-order chi connectivity index (χ1) is 11.3. The van der Waals surface area contributed by atoms with E-state index in [1.54, 1.807) is 18.2 Å². The van der Waals surface area contributed by atoms with Gasteiger partial charge in [-0.05, 0) is 36.4 Å². The van der Waals surface area contributed by atoms with E-state index >= 15 is 0 Å². The molecule has 0 aliphatic heterocycles. The van der Waals surface area contributed by atoms with Crippen molar-refractivity contribution in [1.29, 1.82) is 0 Å². The number of carbonyl (C=O) groups is 1. The number of carbonyl (C=O) groups excluding carboxylic acids is 1. The third-order valence-electron chi connectivity index (χ3n) is 3.16. The van der Waals surface area contributed by atoms with Crippen molar-refractivity contribution in [3.05, 3.63) is 53.1 Å². The van der Waals surface area contributed by atoms with Crippen molar-refractivity contribution < 1.29 is 13.2 Å². The number of benzene rings is 2. The molecule has 0 radical (unpaired) electrons. The highest BCUT2D eigenvalue weighted by Crippen LogP contribution is 2.27. The van der Waals surface area contributed by atoms with Gasteiger partial charge < -0.3 is 0 Å².